The van der Waals surface area contributed by atoms with E-state index in [1.165, 1.54) is 11.1 Å². The van der Waals surface area contributed by atoms with Crippen LogP contribution in [-0.4, -0.2) is 25.5 Å². The summed E-state index contributed by atoms with van der Waals surface area (Å²) in [6.07, 6.45) is 1.88. The summed E-state index contributed by atoms with van der Waals surface area (Å²) < 4.78 is 0. The molecule has 1 fully saturated rings. The van der Waals surface area contributed by atoms with E-state index in [-0.39, 0.29) is 24.2 Å². The molecule has 0 radical (unpaired) electrons. The summed E-state index contributed by atoms with van der Waals surface area (Å²) in [4.78, 5) is 11.7. The molecule has 0 saturated carbocycles. The normalized spacial score (nSPS) is 18.2. The van der Waals surface area contributed by atoms with Gasteiger partial charge in [0.15, 0.2) is 0 Å². The Bertz CT molecular complexity index is 372. The van der Waals surface area contributed by atoms with Crippen molar-refractivity contribution in [3.63, 3.8) is 0 Å². The first-order valence-corrected chi connectivity index (χ1v) is 6.29. The monoisotopic (exact) mass is 268 g/mol. The number of carbonyl (C=O) groups is 1. The Hall–Kier alpha value is -1.06. The minimum absolute atomic E-state index is 0. The molecule has 1 amide bonds. The van der Waals surface area contributed by atoms with Gasteiger partial charge in [0.2, 0.25) is 5.91 Å². The number of halogens is 1. The molecule has 1 atom stereocenters. The third-order valence-corrected chi connectivity index (χ3v) is 3.26. The van der Waals surface area contributed by atoms with Crippen molar-refractivity contribution in [3.05, 3.63) is 35.4 Å². The second kappa shape index (κ2) is 7.39. The highest BCUT2D eigenvalue weighted by Gasteiger charge is 2.21. The average Bonchev–Trinajstić information content (AvgIpc) is 2.85. The van der Waals surface area contributed by atoms with Gasteiger partial charge in [-0.1, -0.05) is 29.8 Å². The van der Waals surface area contributed by atoms with E-state index in [4.69, 9.17) is 0 Å². The minimum Gasteiger partial charge on any atom is -0.355 e. The van der Waals surface area contributed by atoms with Gasteiger partial charge in [0.1, 0.15) is 0 Å². The summed E-state index contributed by atoms with van der Waals surface area (Å²) in [6, 6.07) is 8.47. The van der Waals surface area contributed by atoms with E-state index in [2.05, 4.69) is 41.8 Å². The van der Waals surface area contributed by atoms with Crippen molar-refractivity contribution in [1.29, 1.82) is 0 Å². The first kappa shape index (κ1) is 15.0. The van der Waals surface area contributed by atoms with Crippen LogP contribution in [0.3, 0.4) is 0 Å². The number of rotatable bonds is 4. The van der Waals surface area contributed by atoms with Gasteiger partial charge in [-0.25, -0.2) is 0 Å². The first-order valence-electron chi connectivity index (χ1n) is 6.29. The molecule has 1 heterocycles. The van der Waals surface area contributed by atoms with Crippen LogP contribution >= 0.6 is 12.4 Å². The minimum atomic E-state index is 0. The van der Waals surface area contributed by atoms with Crippen molar-refractivity contribution < 1.29 is 4.79 Å². The van der Waals surface area contributed by atoms with Crippen LogP contribution in [0.2, 0.25) is 0 Å². The topological polar surface area (TPSA) is 41.1 Å². The smallest absolute Gasteiger partial charge is 0.224 e. The van der Waals surface area contributed by atoms with Crippen LogP contribution in [0.5, 0.6) is 0 Å². The molecule has 1 aliphatic heterocycles. The lowest BCUT2D eigenvalue weighted by molar-refractivity contribution is -0.124. The Morgan fingerprint density at radius 3 is 2.72 bits per heavy atom. The van der Waals surface area contributed by atoms with Crippen molar-refractivity contribution in [3.8, 4) is 0 Å². The Morgan fingerprint density at radius 2 is 2.11 bits per heavy atom. The van der Waals surface area contributed by atoms with E-state index in [0.29, 0.717) is 0 Å². The third-order valence-electron chi connectivity index (χ3n) is 3.26. The van der Waals surface area contributed by atoms with Gasteiger partial charge in [-0.2, -0.15) is 0 Å². The van der Waals surface area contributed by atoms with Crippen LogP contribution < -0.4 is 10.6 Å². The second-order valence-corrected chi connectivity index (χ2v) is 4.72. The highest BCUT2D eigenvalue weighted by molar-refractivity contribution is 5.85. The van der Waals surface area contributed by atoms with Crippen molar-refractivity contribution in [2.24, 2.45) is 5.92 Å². The molecule has 0 aliphatic carbocycles. The predicted molar refractivity (Wildman–Crippen MR) is 76.1 cm³/mol. The van der Waals surface area contributed by atoms with Crippen molar-refractivity contribution >= 4 is 18.3 Å². The Kier molecular flexibility index (Phi) is 6.16. The Labute approximate surface area is 115 Å². The first-order chi connectivity index (χ1) is 8.25. The molecule has 2 rings (SSSR count). The molecule has 0 spiro atoms. The van der Waals surface area contributed by atoms with Gasteiger partial charge in [0, 0.05) is 13.1 Å². The number of carbonyl (C=O) groups excluding carboxylic acids is 1. The maximum atomic E-state index is 11.7. The summed E-state index contributed by atoms with van der Waals surface area (Å²) in [6.45, 7) is 4.61. The van der Waals surface area contributed by atoms with Gasteiger partial charge in [0.25, 0.3) is 0 Å². The number of nitrogens with one attached hydrogen (secondary N) is 2. The number of benzene rings is 1. The van der Waals surface area contributed by atoms with E-state index < -0.39 is 0 Å². The van der Waals surface area contributed by atoms with E-state index in [1.54, 1.807) is 0 Å². The quantitative estimate of drug-likeness (QED) is 0.873. The second-order valence-electron chi connectivity index (χ2n) is 4.72. The Balaban J connectivity index is 0.00000162. The van der Waals surface area contributed by atoms with E-state index in [9.17, 15) is 4.79 Å². The molecule has 18 heavy (non-hydrogen) atoms. The molecule has 2 N–H and O–H groups in total. The maximum absolute atomic E-state index is 11.7. The highest BCUT2D eigenvalue weighted by Crippen LogP contribution is 2.07. The van der Waals surface area contributed by atoms with Crippen LogP contribution in [0.1, 0.15) is 17.5 Å². The van der Waals surface area contributed by atoms with Crippen molar-refractivity contribution in [2.75, 3.05) is 19.6 Å². The lowest BCUT2D eigenvalue weighted by Crippen LogP contribution is -2.33. The van der Waals surface area contributed by atoms with Crippen LogP contribution in [-0.2, 0) is 11.2 Å². The zero-order valence-electron chi connectivity index (χ0n) is 10.7. The lowest BCUT2D eigenvalue weighted by Gasteiger charge is -2.09. The molecule has 0 aromatic heterocycles. The molecule has 1 aliphatic rings. The predicted octanol–water partition coefficient (Wildman–Crippen LogP) is 1.69. The van der Waals surface area contributed by atoms with Gasteiger partial charge >= 0.3 is 0 Å². The lowest BCUT2D eigenvalue weighted by atomic mass is 10.1. The zero-order valence-corrected chi connectivity index (χ0v) is 11.6. The summed E-state index contributed by atoms with van der Waals surface area (Å²) in [5.41, 5.74) is 2.55. The van der Waals surface area contributed by atoms with Gasteiger partial charge in [-0.15, -0.1) is 12.4 Å². The molecule has 4 heteroatoms. The highest BCUT2D eigenvalue weighted by atomic mass is 35.5. The van der Waals surface area contributed by atoms with Crippen LogP contribution in [0.25, 0.3) is 0 Å². The number of aryl methyl sites for hydroxylation is 1. The van der Waals surface area contributed by atoms with E-state index >= 15 is 0 Å². The van der Waals surface area contributed by atoms with Gasteiger partial charge in [0.05, 0.1) is 5.92 Å². The van der Waals surface area contributed by atoms with Crippen LogP contribution in [0.15, 0.2) is 24.3 Å². The summed E-state index contributed by atoms with van der Waals surface area (Å²) in [7, 11) is 0. The SMILES string of the molecule is Cc1ccc(CCNC(=O)C2CCNC2)cc1.Cl. The molecule has 3 nitrogen and oxygen atoms in total. The standard InChI is InChI=1S/C14H20N2O.ClH/c1-11-2-4-12(5-3-11)6-9-16-14(17)13-7-8-15-10-13;/h2-5,13,15H,6-10H2,1H3,(H,16,17);1H. The fourth-order valence-corrected chi connectivity index (χ4v) is 2.11. The molecule has 1 aromatic carbocycles. The molecule has 100 valence electrons. The average molecular weight is 269 g/mol. The van der Waals surface area contributed by atoms with Crippen LogP contribution in [0.4, 0.5) is 0 Å². The fraction of sp³-hybridized carbons (Fsp3) is 0.500. The number of hydrogen-bond donors (Lipinski definition) is 2. The zero-order chi connectivity index (χ0) is 12.1. The summed E-state index contributed by atoms with van der Waals surface area (Å²) in [5, 5.41) is 6.22. The van der Waals surface area contributed by atoms with Crippen LogP contribution in [0, 0.1) is 12.8 Å². The van der Waals surface area contributed by atoms with Gasteiger partial charge < -0.3 is 10.6 Å². The maximum Gasteiger partial charge on any atom is 0.224 e. The van der Waals surface area contributed by atoms with Crippen molar-refractivity contribution in [2.45, 2.75) is 19.8 Å². The molecule has 1 aromatic rings. The molecule has 1 unspecified atom stereocenters. The summed E-state index contributed by atoms with van der Waals surface area (Å²) >= 11 is 0. The van der Waals surface area contributed by atoms with E-state index in [1.807, 2.05) is 0 Å². The largest absolute Gasteiger partial charge is 0.355 e. The number of hydrogen-bond acceptors (Lipinski definition) is 2. The Morgan fingerprint density at radius 1 is 1.39 bits per heavy atom. The molecular weight excluding hydrogens is 248 g/mol. The number of amides is 1. The molecule has 0 bridgehead atoms. The summed E-state index contributed by atoms with van der Waals surface area (Å²) in [5.74, 6) is 0.370. The van der Waals surface area contributed by atoms with Gasteiger partial charge in [-0.05, 0) is 31.9 Å². The fourth-order valence-electron chi connectivity index (χ4n) is 2.11. The van der Waals surface area contributed by atoms with E-state index in [0.717, 1.165) is 32.5 Å². The molecular formula is C14H21ClN2O. The molecule has 1 saturated heterocycles. The van der Waals surface area contributed by atoms with Crippen molar-refractivity contribution in [1.82, 2.24) is 10.6 Å². The third kappa shape index (κ3) is 4.31. The van der Waals surface area contributed by atoms with Gasteiger partial charge in [-0.3, -0.25) is 4.79 Å².